The third-order valence-corrected chi connectivity index (χ3v) is 4.38. The molecular formula is C13H15N3O2S. The van der Waals surface area contributed by atoms with Crippen LogP contribution in [0, 0.1) is 16.0 Å². The highest BCUT2D eigenvalue weighted by atomic mass is 32.1. The number of hydrogen-bond donors (Lipinski definition) is 1. The summed E-state index contributed by atoms with van der Waals surface area (Å²) in [6.45, 7) is 2.17. The van der Waals surface area contributed by atoms with Gasteiger partial charge in [0.05, 0.1) is 15.1 Å². The van der Waals surface area contributed by atoms with E-state index in [1.807, 2.05) is 6.07 Å². The molecule has 0 radical (unpaired) electrons. The molecular weight excluding hydrogens is 262 g/mol. The lowest BCUT2D eigenvalue weighted by molar-refractivity contribution is -0.382. The SMILES string of the molecule is CCCC1CC1Nc1ccc2scnc2c1[N+](=O)[O-]. The van der Waals surface area contributed by atoms with E-state index in [4.69, 9.17) is 0 Å². The third kappa shape index (κ3) is 2.28. The predicted octanol–water partition coefficient (Wildman–Crippen LogP) is 3.81. The van der Waals surface area contributed by atoms with Crippen LogP contribution in [-0.2, 0) is 0 Å². The molecule has 1 aromatic heterocycles. The maximum atomic E-state index is 11.3. The summed E-state index contributed by atoms with van der Waals surface area (Å²) in [7, 11) is 0. The Hall–Kier alpha value is -1.69. The number of hydrogen-bond acceptors (Lipinski definition) is 5. The molecule has 1 aliphatic carbocycles. The molecule has 6 heteroatoms. The van der Waals surface area contributed by atoms with Crippen molar-refractivity contribution in [3.8, 4) is 0 Å². The predicted molar refractivity (Wildman–Crippen MR) is 76.7 cm³/mol. The number of benzene rings is 1. The molecule has 3 rings (SSSR count). The van der Waals surface area contributed by atoms with Crippen molar-refractivity contribution in [2.75, 3.05) is 5.32 Å². The largest absolute Gasteiger partial charge is 0.376 e. The first kappa shape index (κ1) is 12.3. The Kier molecular flexibility index (Phi) is 3.10. The van der Waals surface area contributed by atoms with Gasteiger partial charge in [0, 0.05) is 6.04 Å². The minimum absolute atomic E-state index is 0.112. The number of aromatic nitrogens is 1. The van der Waals surface area contributed by atoms with E-state index < -0.39 is 0 Å². The van der Waals surface area contributed by atoms with E-state index in [0.29, 0.717) is 23.2 Å². The van der Waals surface area contributed by atoms with E-state index in [-0.39, 0.29) is 10.6 Å². The molecule has 1 N–H and O–H groups in total. The average Bonchev–Trinajstić information content (AvgIpc) is 2.92. The van der Waals surface area contributed by atoms with Gasteiger partial charge in [-0.3, -0.25) is 10.1 Å². The molecule has 1 fully saturated rings. The molecule has 0 amide bonds. The van der Waals surface area contributed by atoms with Gasteiger partial charge in [0.15, 0.2) is 5.52 Å². The van der Waals surface area contributed by atoms with E-state index in [1.165, 1.54) is 17.8 Å². The Balaban J connectivity index is 1.90. The lowest BCUT2D eigenvalue weighted by atomic mass is 10.2. The van der Waals surface area contributed by atoms with Crippen molar-refractivity contribution in [1.82, 2.24) is 4.98 Å². The van der Waals surface area contributed by atoms with Gasteiger partial charge in [0.1, 0.15) is 5.69 Å². The first-order valence-corrected chi connectivity index (χ1v) is 7.35. The van der Waals surface area contributed by atoms with Gasteiger partial charge in [-0.2, -0.15) is 0 Å². The van der Waals surface area contributed by atoms with Gasteiger partial charge in [-0.15, -0.1) is 11.3 Å². The molecule has 0 aliphatic heterocycles. The molecule has 100 valence electrons. The highest BCUT2D eigenvalue weighted by molar-refractivity contribution is 7.16. The zero-order chi connectivity index (χ0) is 13.4. The van der Waals surface area contributed by atoms with Gasteiger partial charge in [-0.1, -0.05) is 13.3 Å². The van der Waals surface area contributed by atoms with E-state index in [1.54, 1.807) is 11.6 Å². The van der Waals surface area contributed by atoms with Crippen LogP contribution in [0.5, 0.6) is 0 Å². The number of anilines is 1. The van der Waals surface area contributed by atoms with Gasteiger partial charge in [0.2, 0.25) is 0 Å². The van der Waals surface area contributed by atoms with E-state index in [2.05, 4.69) is 17.2 Å². The molecule has 1 aromatic carbocycles. The molecule has 19 heavy (non-hydrogen) atoms. The molecule has 5 nitrogen and oxygen atoms in total. The van der Waals surface area contributed by atoms with E-state index >= 15 is 0 Å². The fourth-order valence-corrected chi connectivity index (χ4v) is 3.21. The lowest BCUT2D eigenvalue weighted by Gasteiger charge is -2.06. The summed E-state index contributed by atoms with van der Waals surface area (Å²) in [6, 6.07) is 4.09. The minimum atomic E-state index is -0.332. The van der Waals surface area contributed by atoms with Crippen LogP contribution in [0.3, 0.4) is 0 Å². The Morgan fingerprint density at radius 3 is 3.16 bits per heavy atom. The van der Waals surface area contributed by atoms with Gasteiger partial charge in [0.25, 0.3) is 0 Å². The molecule has 2 aromatic rings. The van der Waals surface area contributed by atoms with Crippen LogP contribution in [0.25, 0.3) is 10.2 Å². The summed E-state index contributed by atoms with van der Waals surface area (Å²) in [5.74, 6) is 0.663. The summed E-state index contributed by atoms with van der Waals surface area (Å²) in [5.41, 5.74) is 2.86. The third-order valence-electron chi connectivity index (χ3n) is 3.58. The van der Waals surface area contributed by atoms with Crippen molar-refractivity contribution in [3.05, 3.63) is 27.8 Å². The fourth-order valence-electron chi connectivity index (χ4n) is 2.53. The van der Waals surface area contributed by atoms with Crippen molar-refractivity contribution in [2.24, 2.45) is 5.92 Å². The summed E-state index contributed by atoms with van der Waals surface area (Å²) in [4.78, 5) is 15.1. The number of nitrogens with zero attached hydrogens (tertiary/aromatic N) is 2. The van der Waals surface area contributed by atoms with Crippen LogP contribution in [0.4, 0.5) is 11.4 Å². The molecule has 1 saturated carbocycles. The van der Waals surface area contributed by atoms with Gasteiger partial charge in [-0.25, -0.2) is 4.98 Å². The Morgan fingerprint density at radius 1 is 1.58 bits per heavy atom. The standard InChI is InChI=1S/C13H15N3O2S/c1-2-3-8-6-10(8)15-9-4-5-11-12(14-7-19-11)13(9)16(17)18/h4-5,7-8,10,15H,2-3,6H2,1H3. The van der Waals surface area contributed by atoms with Crippen molar-refractivity contribution in [1.29, 1.82) is 0 Å². The molecule has 1 aliphatic rings. The summed E-state index contributed by atoms with van der Waals surface area (Å²) in [5, 5.41) is 14.6. The zero-order valence-corrected chi connectivity index (χ0v) is 11.4. The number of thiazole rings is 1. The molecule has 2 unspecified atom stereocenters. The maximum Gasteiger partial charge on any atom is 0.319 e. The van der Waals surface area contributed by atoms with Crippen LogP contribution in [0.1, 0.15) is 26.2 Å². The molecule has 2 atom stereocenters. The second kappa shape index (κ2) is 4.77. The van der Waals surface area contributed by atoms with Gasteiger partial charge < -0.3 is 5.32 Å². The van der Waals surface area contributed by atoms with Crippen LogP contribution in [0.15, 0.2) is 17.6 Å². The summed E-state index contributed by atoms with van der Waals surface area (Å²) >= 11 is 1.43. The van der Waals surface area contributed by atoms with E-state index in [9.17, 15) is 10.1 Å². The lowest BCUT2D eigenvalue weighted by Crippen LogP contribution is -2.07. The van der Waals surface area contributed by atoms with Gasteiger partial charge in [-0.05, 0) is 30.9 Å². The highest BCUT2D eigenvalue weighted by Gasteiger charge is 2.37. The second-order valence-corrected chi connectivity index (χ2v) is 5.84. The number of nitro groups is 1. The first-order valence-electron chi connectivity index (χ1n) is 6.47. The summed E-state index contributed by atoms with van der Waals surface area (Å²) < 4.78 is 0.859. The first-order chi connectivity index (χ1) is 9.20. The zero-order valence-electron chi connectivity index (χ0n) is 10.6. The minimum Gasteiger partial charge on any atom is -0.376 e. The Morgan fingerprint density at radius 2 is 2.42 bits per heavy atom. The van der Waals surface area contributed by atoms with Gasteiger partial charge >= 0.3 is 5.69 Å². The average molecular weight is 277 g/mol. The molecule has 1 heterocycles. The number of nitrogens with one attached hydrogen (secondary N) is 1. The Bertz CT molecular complexity index is 625. The highest BCUT2D eigenvalue weighted by Crippen LogP contribution is 2.41. The van der Waals surface area contributed by atoms with Crippen molar-refractivity contribution < 1.29 is 4.92 Å². The fraction of sp³-hybridized carbons (Fsp3) is 0.462. The molecule has 0 saturated heterocycles. The quantitative estimate of drug-likeness (QED) is 0.666. The smallest absolute Gasteiger partial charge is 0.319 e. The second-order valence-electron chi connectivity index (χ2n) is 4.95. The van der Waals surface area contributed by atoms with Crippen molar-refractivity contribution >= 4 is 32.9 Å². The Labute approximate surface area is 114 Å². The molecule has 0 bridgehead atoms. The van der Waals surface area contributed by atoms with Crippen LogP contribution >= 0.6 is 11.3 Å². The number of nitro benzene ring substituents is 1. The summed E-state index contributed by atoms with van der Waals surface area (Å²) in [6.07, 6.45) is 3.46. The van der Waals surface area contributed by atoms with Crippen molar-refractivity contribution in [2.45, 2.75) is 32.2 Å². The topological polar surface area (TPSA) is 68.1 Å². The maximum absolute atomic E-state index is 11.3. The van der Waals surface area contributed by atoms with Crippen molar-refractivity contribution in [3.63, 3.8) is 0 Å². The molecule has 0 spiro atoms. The normalized spacial score (nSPS) is 21.5. The monoisotopic (exact) mass is 277 g/mol. The van der Waals surface area contributed by atoms with Crippen LogP contribution in [-0.4, -0.2) is 15.9 Å². The number of fused-ring (bicyclic) bond motifs is 1. The van der Waals surface area contributed by atoms with E-state index in [0.717, 1.165) is 17.5 Å². The van der Waals surface area contributed by atoms with Crippen LogP contribution < -0.4 is 5.32 Å². The number of rotatable bonds is 5. The van der Waals surface area contributed by atoms with Crippen LogP contribution in [0.2, 0.25) is 0 Å².